The molecule has 6 unspecified atom stereocenters. The molecule has 2 aliphatic carbocycles. The predicted molar refractivity (Wildman–Crippen MR) is 113 cm³/mol. The van der Waals surface area contributed by atoms with Crippen molar-refractivity contribution in [1.29, 1.82) is 0 Å². The molecule has 6 atom stereocenters. The molecule has 1 aliphatic heterocycles. The normalized spacial score (nSPS) is 36.8. The summed E-state index contributed by atoms with van der Waals surface area (Å²) in [6, 6.07) is 0. The molecule has 1 heterocycles. The van der Waals surface area contributed by atoms with Crippen LogP contribution in [0.2, 0.25) is 0 Å². The number of likely N-dealkylation sites (N-methyl/N-ethyl adjacent to an activating group) is 1. The lowest BCUT2D eigenvalue weighted by atomic mass is 9.58. The van der Waals surface area contributed by atoms with Crippen LogP contribution in [-0.4, -0.2) is 37.4 Å². The van der Waals surface area contributed by atoms with E-state index in [1.165, 1.54) is 44.1 Å². The molecule has 0 radical (unpaired) electrons. The molecule has 0 bridgehead atoms. The quantitative estimate of drug-likeness (QED) is 0.382. The molecule has 0 spiro atoms. The van der Waals surface area contributed by atoms with Crippen LogP contribution in [0.3, 0.4) is 0 Å². The molecule has 0 aromatic carbocycles. The van der Waals surface area contributed by atoms with Crippen molar-refractivity contribution >= 4 is 5.97 Å². The van der Waals surface area contributed by atoms with Gasteiger partial charge in [0.15, 0.2) is 0 Å². The summed E-state index contributed by atoms with van der Waals surface area (Å²) in [5.74, 6) is 2.04. The molecule has 3 aliphatic rings. The van der Waals surface area contributed by atoms with E-state index >= 15 is 0 Å². The fourth-order valence-corrected chi connectivity index (χ4v) is 6.09. The first kappa shape index (κ1) is 21.8. The van der Waals surface area contributed by atoms with Crippen LogP contribution in [0, 0.1) is 23.7 Å². The average molecular weight is 392 g/mol. The van der Waals surface area contributed by atoms with Gasteiger partial charge in [0.1, 0.15) is 6.10 Å². The van der Waals surface area contributed by atoms with E-state index < -0.39 is 0 Å². The highest BCUT2D eigenvalue weighted by Gasteiger charge is 2.54. The lowest BCUT2D eigenvalue weighted by Gasteiger charge is -2.57. The van der Waals surface area contributed by atoms with Crippen LogP contribution in [0.15, 0.2) is 11.6 Å². The molecule has 160 valence electrons. The van der Waals surface area contributed by atoms with Gasteiger partial charge < -0.3 is 14.8 Å². The Morgan fingerprint density at radius 1 is 1.32 bits per heavy atom. The van der Waals surface area contributed by atoms with E-state index in [0.29, 0.717) is 17.8 Å². The SMILES string of the molecule is CCCCCC1=CC(OC(=O)CNC)C2C(C1)OC(C)(C)C1CCC(C)CC21. The van der Waals surface area contributed by atoms with E-state index in [1.807, 2.05) is 0 Å². The van der Waals surface area contributed by atoms with E-state index in [2.05, 4.69) is 39.1 Å². The third-order valence-electron chi connectivity index (χ3n) is 7.37. The molecule has 1 N–H and O–H groups in total. The Bertz CT molecular complexity index is 570. The third kappa shape index (κ3) is 4.81. The summed E-state index contributed by atoms with van der Waals surface area (Å²) in [5.41, 5.74) is 1.34. The van der Waals surface area contributed by atoms with Crippen LogP contribution in [0.1, 0.15) is 79.1 Å². The maximum absolute atomic E-state index is 12.3. The molecule has 3 rings (SSSR count). The van der Waals surface area contributed by atoms with E-state index in [1.54, 1.807) is 7.05 Å². The van der Waals surface area contributed by atoms with E-state index in [9.17, 15) is 4.79 Å². The molecule has 4 nitrogen and oxygen atoms in total. The van der Waals surface area contributed by atoms with Crippen LogP contribution in [0.4, 0.5) is 0 Å². The Labute approximate surface area is 171 Å². The van der Waals surface area contributed by atoms with Crippen molar-refractivity contribution in [2.24, 2.45) is 23.7 Å². The van der Waals surface area contributed by atoms with Crippen molar-refractivity contribution in [3.05, 3.63) is 11.6 Å². The van der Waals surface area contributed by atoms with Gasteiger partial charge in [-0.25, -0.2) is 0 Å². The number of esters is 1. The zero-order chi connectivity index (χ0) is 20.3. The Morgan fingerprint density at radius 2 is 2.11 bits per heavy atom. The van der Waals surface area contributed by atoms with Crippen molar-refractivity contribution in [2.45, 2.75) is 96.9 Å². The summed E-state index contributed by atoms with van der Waals surface area (Å²) in [6.45, 7) is 9.46. The second kappa shape index (κ2) is 9.30. The molecular formula is C24H41NO3. The molecule has 2 fully saturated rings. The summed E-state index contributed by atoms with van der Waals surface area (Å²) in [7, 11) is 1.79. The minimum absolute atomic E-state index is 0.0859. The number of hydrogen-bond acceptors (Lipinski definition) is 4. The van der Waals surface area contributed by atoms with Gasteiger partial charge in [-0.15, -0.1) is 0 Å². The number of carbonyl (C=O) groups is 1. The largest absolute Gasteiger partial charge is 0.457 e. The Morgan fingerprint density at radius 3 is 2.82 bits per heavy atom. The standard InChI is InChI=1S/C24H41NO3/c1-6-7-8-9-17-13-20(27-22(26)15-25-5)23-18-12-16(2)10-11-19(18)24(3,4)28-21(23)14-17/h13,16,18-21,23,25H,6-12,14-15H2,1-5H3. The van der Waals surface area contributed by atoms with E-state index in [0.717, 1.165) is 18.8 Å². The van der Waals surface area contributed by atoms with Gasteiger partial charge in [-0.1, -0.05) is 38.7 Å². The molecule has 0 aromatic heterocycles. The Kier molecular flexibility index (Phi) is 7.25. The summed E-state index contributed by atoms with van der Waals surface area (Å²) in [5, 5.41) is 2.93. The number of rotatable bonds is 7. The second-order valence-corrected chi connectivity index (χ2v) is 10.00. The highest BCUT2D eigenvalue weighted by atomic mass is 16.6. The van der Waals surface area contributed by atoms with Gasteiger partial charge in [0.25, 0.3) is 0 Å². The number of hydrogen-bond donors (Lipinski definition) is 1. The van der Waals surface area contributed by atoms with Gasteiger partial charge in [0, 0.05) is 5.92 Å². The van der Waals surface area contributed by atoms with Crippen molar-refractivity contribution in [1.82, 2.24) is 5.32 Å². The van der Waals surface area contributed by atoms with Crippen molar-refractivity contribution in [2.75, 3.05) is 13.6 Å². The zero-order valence-corrected chi connectivity index (χ0v) is 18.6. The van der Waals surface area contributed by atoms with Gasteiger partial charge in [0.2, 0.25) is 0 Å². The summed E-state index contributed by atoms with van der Waals surface area (Å²) in [4.78, 5) is 12.3. The maximum atomic E-state index is 12.3. The minimum atomic E-state index is -0.150. The fourth-order valence-electron chi connectivity index (χ4n) is 6.09. The van der Waals surface area contributed by atoms with Gasteiger partial charge in [0.05, 0.1) is 18.2 Å². The lowest BCUT2D eigenvalue weighted by molar-refractivity contribution is -0.226. The van der Waals surface area contributed by atoms with Gasteiger partial charge >= 0.3 is 5.97 Å². The molecule has 1 saturated carbocycles. The highest BCUT2D eigenvalue weighted by molar-refractivity contribution is 5.72. The van der Waals surface area contributed by atoms with E-state index in [-0.39, 0.29) is 30.3 Å². The summed E-state index contributed by atoms with van der Waals surface area (Å²) in [6.07, 6.45) is 11.9. The number of nitrogens with one attached hydrogen (secondary N) is 1. The van der Waals surface area contributed by atoms with Crippen LogP contribution >= 0.6 is 0 Å². The van der Waals surface area contributed by atoms with Crippen LogP contribution in [-0.2, 0) is 14.3 Å². The number of unbranched alkanes of at least 4 members (excludes halogenated alkanes) is 2. The second-order valence-electron chi connectivity index (χ2n) is 10.00. The first-order chi connectivity index (χ1) is 13.4. The van der Waals surface area contributed by atoms with Crippen LogP contribution in [0.25, 0.3) is 0 Å². The Hall–Kier alpha value is -0.870. The monoisotopic (exact) mass is 391 g/mol. The molecule has 0 aromatic rings. The van der Waals surface area contributed by atoms with Crippen molar-refractivity contribution in [3.8, 4) is 0 Å². The Balaban J connectivity index is 1.86. The summed E-state index contributed by atoms with van der Waals surface area (Å²) < 4.78 is 12.8. The number of carbonyl (C=O) groups excluding carboxylic acids is 1. The topological polar surface area (TPSA) is 47.6 Å². The molecule has 4 heteroatoms. The predicted octanol–water partition coefficient (Wildman–Crippen LogP) is 4.87. The zero-order valence-electron chi connectivity index (χ0n) is 18.6. The lowest BCUT2D eigenvalue weighted by Crippen LogP contribution is -2.59. The molecule has 28 heavy (non-hydrogen) atoms. The fraction of sp³-hybridized carbons (Fsp3) is 0.875. The molecular weight excluding hydrogens is 350 g/mol. The van der Waals surface area contributed by atoms with Gasteiger partial charge in [-0.2, -0.15) is 0 Å². The van der Waals surface area contributed by atoms with Crippen LogP contribution < -0.4 is 5.32 Å². The average Bonchev–Trinajstić information content (AvgIpc) is 2.61. The van der Waals surface area contributed by atoms with Crippen LogP contribution in [0.5, 0.6) is 0 Å². The minimum Gasteiger partial charge on any atom is -0.457 e. The third-order valence-corrected chi connectivity index (χ3v) is 7.37. The maximum Gasteiger partial charge on any atom is 0.320 e. The highest BCUT2D eigenvalue weighted by Crippen LogP contribution is 2.54. The summed E-state index contributed by atoms with van der Waals surface area (Å²) >= 11 is 0. The van der Waals surface area contributed by atoms with Gasteiger partial charge in [-0.3, -0.25) is 4.79 Å². The van der Waals surface area contributed by atoms with E-state index in [4.69, 9.17) is 9.47 Å². The molecule has 1 saturated heterocycles. The molecule has 0 amide bonds. The first-order valence-electron chi connectivity index (χ1n) is 11.6. The van der Waals surface area contributed by atoms with Crippen molar-refractivity contribution < 1.29 is 14.3 Å². The number of ether oxygens (including phenoxy) is 2. The number of fused-ring (bicyclic) bond motifs is 3. The van der Waals surface area contributed by atoms with Gasteiger partial charge in [-0.05, 0) is 76.8 Å². The van der Waals surface area contributed by atoms with Crippen molar-refractivity contribution in [3.63, 3.8) is 0 Å². The smallest absolute Gasteiger partial charge is 0.320 e. The first-order valence-corrected chi connectivity index (χ1v) is 11.6.